The van der Waals surface area contributed by atoms with E-state index in [1.807, 2.05) is 54.0 Å². The second kappa shape index (κ2) is 9.29. The third kappa shape index (κ3) is 4.25. The highest BCUT2D eigenvalue weighted by molar-refractivity contribution is 14.1. The minimum atomic E-state index is -0.151. The van der Waals surface area contributed by atoms with E-state index in [4.69, 9.17) is 14.2 Å². The number of nitrogens with one attached hydrogen (secondary N) is 1. The molecule has 0 atom stereocenters. The minimum absolute atomic E-state index is 0.151. The van der Waals surface area contributed by atoms with E-state index in [1.165, 1.54) is 0 Å². The number of methoxy groups -OCH3 is 2. The van der Waals surface area contributed by atoms with Crippen LogP contribution in [-0.4, -0.2) is 31.3 Å². The van der Waals surface area contributed by atoms with Gasteiger partial charge in [0, 0.05) is 22.1 Å². The summed E-state index contributed by atoms with van der Waals surface area (Å²) in [6.45, 7) is 3.23. The van der Waals surface area contributed by atoms with E-state index in [0.717, 1.165) is 20.0 Å². The Labute approximate surface area is 177 Å². The Bertz CT molecular complexity index is 984. The van der Waals surface area contributed by atoms with Crippen LogP contribution in [0.4, 0.5) is 0 Å². The van der Waals surface area contributed by atoms with Crippen molar-refractivity contribution >= 4 is 39.4 Å². The molecule has 0 unspecified atom stereocenters. The van der Waals surface area contributed by atoms with Gasteiger partial charge in [-0.05, 0) is 59.3 Å². The summed E-state index contributed by atoms with van der Waals surface area (Å²) >= 11 is 2.23. The SMILES string of the molecule is CCOCn1c(C(=O)NCc2cc(OC)c(OC)cc2I)cc2ccccc21. The fraction of sp³-hybridized carbons (Fsp3) is 0.286. The molecule has 0 saturated heterocycles. The summed E-state index contributed by atoms with van der Waals surface area (Å²) < 4.78 is 19.1. The lowest BCUT2D eigenvalue weighted by molar-refractivity contribution is 0.0814. The van der Waals surface area contributed by atoms with Gasteiger partial charge in [-0.3, -0.25) is 4.79 Å². The zero-order valence-corrected chi connectivity index (χ0v) is 18.3. The molecule has 0 aliphatic carbocycles. The van der Waals surface area contributed by atoms with Crippen LogP contribution in [-0.2, 0) is 18.0 Å². The fourth-order valence-corrected chi connectivity index (χ4v) is 3.65. The largest absolute Gasteiger partial charge is 0.493 e. The summed E-state index contributed by atoms with van der Waals surface area (Å²) in [5.74, 6) is 1.15. The molecule has 28 heavy (non-hydrogen) atoms. The average Bonchev–Trinajstić information content (AvgIpc) is 3.09. The predicted molar refractivity (Wildman–Crippen MR) is 117 cm³/mol. The number of carbonyl (C=O) groups excluding carboxylic acids is 1. The van der Waals surface area contributed by atoms with Gasteiger partial charge in [0.2, 0.25) is 0 Å². The monoisotopic (exact) mass is 494 g/mol. The predicted octanol–water partition coefficient (Wildman–Crippen LogP) is 4.19. The summed E-state index contributed by atoms with van der Waals surface area (Å²) in [5, 5.41) is 4.01. The summed E-state index contributed by atoms with van der Waals surface area (Å²) in [6.07, 6.45) is 0. The van der Waals surface area contributed by atoms with Crippen LogP contribution in [0.3, 0.4) is 0 Å². The van der Waals surface area contributed by atoms with Crippen LogP contribution < -0.4 is 14.8 Å². The number of carbonyl (C=O) groups is 1. The van der Waals surface area contributed by atoms with Gasteiger partial charge in [-0.25, -0.2) is 0 Å². The first kappa shape index (κ1) is 20.5. The third-order valence-corrected chi connectivity index (χ3v) is 5.46. The number of halogens is 1. The lowest BCUT2D eigenvalue weighted by Gasteiger charge is -2.14. The van der Waals surface area contributed by atoms with Crippen LogP contribution in [0.25, 0.3) is 10.9 Å². The highest BCUT2D eigenvalue weighted by Gasteiger charge is 2.16. The van der Waals surface area contributed by atoms with Crippen molar-refractivity contribution in [3.8, 4) is 11.5 Å². The molecule has 0 saturated carbocycles. The Morgan fingerprint density at radius 1 is 1.11 bits per heavy atom. The molecule has 1 aromatic heterocycles. The molecule has 6 nitrogen and oxygen atoms in total. The van der Waals surface area contributed by atoms with Crippen molar-refractivity contribution < 1.29 is 19.0 Å². The maximum absolute atomic E-state index is 12.9. The molecule has 1 heterocycles. The van der Waals surface area contributed by atoms with Gasteiger partial charge < -0.3 is 24.1 Å². The van der Waals surface area contributed by atoms with Crippen molar-refractivity contribution in [2.75, 3.05) is 20.8 Å². The Hall–Kier alpha value is -2.26. The van der Waals surface area contributed by atoms with Crippen molar-refractivity contribution in [1.82, 2.24) is 9.88 Å². The minimum Gasteiger partial charge on any atom is -0.493 e. The smallest absolute Gasteiger partial charge is 0.268 e. The van der Waals surface area contributed by atoms with Crippen molar-refractivity contribution in [3.05, 3.63) is 57.3 Å². The van der Waals surface area contributed by atoms with Gasteiger partial charge in [0.05, 0.1) is 19.7 Å². The zero-order valence-electron chi connectivity index (χ0n) is 16.1. The molecule has 1 amide bonds. The van der Waals surface area contributed by atoms with E-state index in [9.17, 15) is 4.79 Å². The van der Waals surface area contributed by atoms with E-state index in [0.29, 0.717) is 37.1 Å². The summed E-state index contributed by atoms with van der Waals surface area (Å²) in [7, 11) is 3.20. The Morgan fingerprint density at radius 2 is 1.82 bits per heavy atom. The van der Waals surface area contributed by atoms with Crippen molar-refractivity contribution in [2.24, 2.45) is 0 Å². The molecule has 3 rings (SSSR count). The van der Waals surface area contributed by atoms with Crippen LogP contribution in [0.1, 0.15) is 23.0 Å². The topological polar surface area (TPSA) is 61.7 Å². The van der Waals surface area contributed by atoms with Gasteiger partial charge in [-0.2, -0.15) is 0 Å². The molecule has 0 bridgehead atoms. The third-order valence-electron chi connectivity index (χ3n) is 4.46. The van der Waals surface area contributed by atoms with Gasteiger partial charge in [0.1, 0.15) is 12.4 Å². The maximum atomic E-state index is 12.9. The van der Waals surface area contributed by atoms with Crippen LogP contribution >= 0.6 is 22.6 Å². The first-order chi connectivity index (χ1) is 13.6. The van der Waals surface area contributed by atoms with Gasteiger partial charge in [0.25, 0.3) is 5.91 Å². The highest BCUT2D eigenvalue weighted by atomic mass is 127. The molecule has 2 aromatic carbocycles. The molecular weight excluding hydrogens is 471 g/mol. The first-order valence-electron chi connectivity index (χ1n) is 8.93. The number of nitrogens with zero attached hydrogens (tertiary/aromatic N) is 1. The van der Waals surface area contributed by atoms with Gasteiger partial charge in [-0.15, -0.1) is 0 Å². The second-order valence-corrected chi connectivity index (χ2v) is 7.28. The number of rotatable bonds is 8. The van der Waals surface area contributed by atoms with E-state index >= 15 is 0 Å². The summed E-state index contributed by atoms with van der Waals surface area (Å²) in [5.41, 5.74) is 2.51. The highest BCUT2D eigenvalue weighted by Crippen LogP contribution is 2.31. The van der Waals surface area contributed by atoms with Crippen LogP contribution in [0, 0.1) is 3.57 Å². The van der Waals surface area contributed by atoms with Gasteiger partial charge in [0.15, 0.2) is 11.5 Å². The lowest BCUT2D eigenvalue weighted by Crippen LogP contribution is -2.26. The first-order valence-corrected chi connectivity index (χ1v) is 10.0. The van der Waals surface area contributed by atoms with E-state index in [1.54, 1.807) is 14.2 Å². The molecular formula is C21H23IN2O4. The Kier molecular flexibility index (Phi) is 6.79. The van der Waals surface area contributed by atoms with Gasteiger partial charge >= 0.3 is 0 Å². The van der Waals surface area contributed by atoms with Gasteiger partial charge in [-0.1, -0.05) is 18.2 Å². The normalized spacial score (nSPS) is 10.9. The number of hydrogen-bond acceptors (Lipinski definition) is 4. The van der Waals surface area contributed by atoms with Crippen molar-refractivity contribution in [2.45, 2.75) is 20.2 Å². The number of aromatic nitrogens is 1. The fourth-order valence-electron chi connectivity index (χ4n) is 3.02. The van der Waals surface area contributed by atoms with Crippen molar-refractivity contribution in [1.29, 1.82) is 0 Å². The Morgan fingerprint density at radius 3 is 2.54 bits per heavy atom. The standard InChI is InChI=1S/C21H23IN2O4/c1-4-28-13-24-17-8-6-5-7-14(17)9-18(24)21(25)23-12-15-10-19(26-2)20(27-3)11-16(15)22/h5-11H,4,12-13H2,1-3H3,(H,23,25). The Balaban J connectivity index is 1.84. The number of para-hydroxylation sites is 1. The van der Waals surface area contributed by atoms with E-state index in [-0.39, 0.29) is 5.91 Å². The number of ether oxygens (including phenoxy) is 3. The van der Waals surface area contributed by atoms with E-state index in [2.05, 4.69) is 27.9 Å². The quantitative estimate of drug-likeness (QED) is 0.478. The second-order valence-electron chi connectivity index (χ2n) is 6.12. The lowest BCUT2D eigenvalue weighted by atomic mass is 10.2. The summed E-state index contributed by atoms with van der Waals surface area (Å²) in [6, 6.07) is 13.6. The number of fused-ring (bicyclic) bond motifs is 1. The maximum Gasteiger partial charge on any atom is 0.268 e. The molecule has 0 fully saturated rings. The molecule has 0 aliphatic rings. The molecule has 7 heteroatoms. The van der Waals surface area contributed by atoms with E-state index < -0.39 is 0 Å². The molecule has 148 valence electrons. The van der Waals surface area contributed by atoms with Crippen LogP contribution in [0.15, 0.2) is 42.5 Å². The number of amides is 1. The van der Waals surface area contributed by atoms with Crippen molar-refractivity contribution in [3.63, 3.8) is 0 Å². The number of hydrogen-bond donors (Lipinski definition) is 1. The number of benzene rings is 2. The van der Waals surface area contributed by atoms with Crippen LogP contribution in [0.5, 0.6) is 11.5 Å². The van der Waals surface area contributed by atoms with Crippen LogP contribution in [0.2, 0.25) is 0 Å². The molecule has 1 N–H and O–H groups in total. The summed E-state index contributed by atoms with van der Waals surface area (Å²) in [4.78, 5) is 12.9. The zero-order chi connectivity index (χ0) is 20.1. The molecule has 0 spiro atoms. The molecule has 0 aliphatic heterocycles. The average molecular weight is 494 g/mol. The molecule has 0 radical (unpaired) electrons. The molecule has 3 aromatic rings.